The van der Waals surface area contributed by atoms with Gasteiger partial charge in [-0.05, 0) is 6.42 Å². The molecule has 2 heterocycles. The first-order valence-electron chi connectivity index (χ1n) is 5.87. The molecule has 5 heteroatoms. The molecule has 0 aliphatic carbocycles. The molecule has 0 aromatic carbocycles. The fourth-order valence-corrected chi connectivity index (χ4v) is 2.36. The van der Waals surface area contributed by atoms with Crippen molar-refractivity contribution in [2.75, 3.05) is 26.4 Å². The second-order valence-electron chi connectivity index (χ2n) is 4.83. The molecule has 4 atom stereocenters. The van der Waals surface area contributed by atoms with Crippen molar-refractivity contribution in [1.82, 2.24) is 0 Å². The molecular formula is C11H20O5. The Bertz CT molecular complexity index is 219. The van der Waals surface area contributed by atoms with Crippen molar-refractivity contribution in [3.63, 3.8) is 0 Å². The standard InChI is InChI=1S/C11H20O5/c12-4-8-1-2-11(15-6-8)3-10(14)9(5-13)7-16-11/h8-10,12-14H,1-7H2/t8-,9-,10-,11?/m0/s1. The third-order valence-corrected chi connectivity index (χ3v) is 3.63. The molecule has 3 N–H and O–H groups in total. The number of aliphatic hydroxyl groups is 3. The summed E-state index contributed by atoms with van der Waals surface area (Å²) < 4.78 is 11.3. The van der Waals surface area contributed by atoms with E-state index < -0.39 is 11.9 Å². The summed E-state index contributed by atoms with van der Waals surface area (Å²) in [6.07, 6.45) is 1.40. The minimum atomic E-state index is -0.684. The van der Waals surface area contributed by atoms with Gasteiger partial charge in [0.15, 0.2) is 5.79 Å². The van der Waals surface area contributed by atoms with Gasteiger partial charge in [-0.3, -0.25) is 0 Å². The highest BCUT2D eigenvalue weighted by Gasteiger charge is 2.44. The lowest BCUT2D eigenvalue weighted by Crippen LogP contribution is -2.52. The normalized spacial score (nSPS) is 44.8. The lowest BCUT2D eigenvalue weighted by atomic mass is 9.87. The van der Waals surface area contributed by atoms with Gasteiger partial charge in [0.05, 0.1) is 25.9 Å². The molecule has 0 radical (unpaired) electrons. The quantitative estimate of drug-likeness (QED) is 0.597. The van der Waals surface area contributed by atoms with Crippen LogP contribution in [-0.2, 0) is 9.47 Å². The van der Waals surface area contributed by atoms with Gasteiger partial charge < -0.3 is 24.8 Å². The van der Waals surface area contributed by atoms with Crippen LogP contribution in [0.2, 0.25) is 0 Å². The maximum absolute atomic E-state index is 9.84. The van der Waals surface area contributed by atoms with Crippen molar-refractivity contribution in [3.8, 4) is 0 Å². The molecule has 0 aromatic rings. The topological polar surface area (TPSA) is 79.2 Å². The van der Waals surface area contributed by atoms with Crippen LogP contribution in [0.5, 0.6) is 0 Å². The van der Waals surface area contributed by atoms with Gasteiger partial charge in [-0.1, -0.05) is 0 Å². The summed E-state index contributed by atoms with van der Waals surface area (Å²) in [5.74, 6) is -0.705. The summed E-state index contributed by atoms with van der Waals surface area (Å²) in [5.41, 5.74) is 0. The average Bonchev–Trinajstić information content (AvgIpc) is 2.30. The molecular weight excluding hydrogens is 212 g/mol. The van der Waals surface area contributed by atoms with Gasteiger partial charge in [-0.15, -0.1) is 0 Å². The highest BCUT2D eigenvalue weighted by molar-refractivity contribution is 4.87. The molecule has 2 saturated heterocycles. The first-order valence-corrected chi connectivity index (χ1v) is 5.87. The third-order valence-electron chi connectivity index (χ3n) is 3.63. The van der Waals surface area contributed by atoms with Gasteiger partial charge in [0, 0.05) is 31.3 Å². The monoisotopic (exact) mass is 232 g/mol. The predicted molar refractivity (Wildman–Crippen MR) is 55.6 cm³/mol. The predicted octanol–water partition coefficient (Wildman–Crippen LogP) is -0.509. The van der Waals surface area contributed by atoms with Crippen molar-refractivity contribution >= 4 is 0 Å². The lowest BCUT2D eigenvalue weighted by Gasteiger charge is -2.45. The summed E-state index contributed by atoms with van der Waals surface area (Å²) in [6.45, 7) is 0.892. The van der Waals surface area contributed by atoms with Crippen molar-refractivity contribution in [2.45, 2.75) is 31.2 Å². The first-order chi connectivity index (χ1) is 7.69. The van der Waals surface area contributed by atoms with Crippen molar-refractivity contribution < 1.29 is 24.8 Å². The van der Waals surface area contributed by atoms with E-state index in [0.717, 1.165) is 6.42 Å². The molecule has 94 valence electrons. The molecule has 2 aliphatic heterocycles. The van der Waals surface area contributed by atoms with Crippen LogP contribution >= 0.6 is 0 Å². The van der Waals surface area contributed by atoms with Crippen LogP contribution < -0.4 is 0 Å². The minimum Gasteiger partial charge on any atom is -0.396 e. The maximum atomic E-state index is 9.84. The van der Waals surface area contributed by atoms with Crippen LogP contribution in [0, 0.1) is 11.8 Å². The lowest BCUT2D eigenvalue weighted by molar-refractivity contribution is -0.308. The van der Waals surface area contributed by atoms with Gasteiger partial charge in [0.1, 0.15) is 0 Å². The molecule has 2 rings (SSSR count). The van der Waals surface area contributed by atoms with Gasteiger partial charge in [-0.2, -0.15) is 0 Å². The summed E-state index contributed by atoms with van der Waals surface area (Å²) in [6, 6.07) is 0. The van der Waals surface area contributed by atoms with Crippen LogP contribution in [-0.4, -0.2) is 53.6 Å². The van der Waals surface area contributed by atoms with Crippen LogP contribution in [0.25, 0.3) is 0 Å². The second-order valence-corrected chi connectivity index (χ2v) is 4.83. The fourth-order valence-electron chi connectivity index (χ4n) is 2.36. The maximum Gasteiger partial charge on any atom is 0.170 e. The second kappa shape index (κ2) is 4.98. The van der Waals surface area contributed by atoms with E-state index in [2.05, 4.69) is 0 Å². The summed E-state index contributed by atoms with van der Waals surface area (Å²) in [5, 5.41) is 27.9. The largest absolute Gasteiger partial charge is 0.396 e. The van der Waals surface area contributed by atoms with E-state index in [1.54, 1.807) is 0 Å². The zero-order chi connectivity index (χ0) is 11.6. The zero-order valence-electron chi connectivity index (χ0n) is 9.34. The van der Waals surface area contributed by atoms with E-state index in [1.165, 1.54) is 0 Å². The van der Waals surface area contributed by atoms with E-state index in [0.29, 0.717) is 26.1 Å². The highest BCUT2D eigenvalue weighted by Crippen LogP contribution is 2.37. The molecule has 16 heavy (non-hydrogen) atoms. The van der Waals surface area contributed by atoms with Crippen molar-refractivity contribution in [1.29, 1.82) is 0 Å². The smallest absolute Gasteiger partial charge is 0.170 e. The molecule has 2 fully saturated rings. The Labute approximate surface area is 95.0 Å². The van der Waals surface area contributed by atoms with Gasteiger partial charge >= 0.3 is 0 Å². The van der Waals surface area contributed by atoms with E-state index in [9.17, 15) is 5.11 Å². The average molecular weight is 232 g/mol. The highest BCUT2D eigenvalue weighted by atomic mass is 16.7. The summed E-state index contributed by atoms with van der Waals surface area (Å²) in [4.78, 5) is 0. The molecule has 1 spiro atoms. The number of hydrogen-bond donors (Lipinski definition) is 3. The van der Waals surface area contributed by atoms with Crippen molar-refractivity contribution in [3.05, 3.63) is 0 Å². The number of rotatable bonds is 2. The van der Waals surface area contributed by atoms with Gasteiger partial charge in [-0.25, -0.2) is 0 Å². The Morgan fingerprint density at radius 3 is 2.38 bits per heavy atom. The SMILES string of the molecule is OC[C@@H]1CCC2(C[C@H](O)[C@@H](CO)CO2)OC1. The molecule has 0 bridgehead atoms. The van der Waals surface area contributed by atoms with Crippen molar-refractivity contribution in [2.24, 2.45) is 11.8 Å². The first kappa shape index (κ1) is 12.3. The number of ether oxygens (including phenoxy) is 2. The Balaban J connectivity index is 1.91. The minimum absolute atomic E-state index is 0.0590. The Kier molecular flexibility index (Phi) is 3.81. The number of hydrogen-bond acceptors (Lipinski definition) is 5. The zero-order valence-corrected chi connectivity index (χ0v) is 9.34. The summed E-state index contributed by atoms with van der Waals surface area (Å²) in [7, 11) is 0. The van der Waals surface area contributed by atoms with Crippen LogP contribution in [0.4, 0.5) is 0 Å². The summed E-state index contributed by atoms with van der Waals surface area (Å²) >= 11 is 0. The molecule has 2 aliphatic rings. The fraction of sp³-hybridized carbons (Fsp3) is 1.00. The molecule has 1 unspecified atom stereocenters. The van der Waals surface area contributed by atoms with Crippen LogP contribution in [0.15, 0.2) is 0 Å². The van der Waals surface area contributed by atoms with E-state index >= 15 is 0 Å². The molecule has 5 nitrogen and oxygen atoms in total. The molecule has 0 saturated carbocycles. The van der Waals surface area contributed by atoms with E-state index in [-0.39, 0.29) is 25.0 Å². The Hall–Kier alpha value is -0.200. The van der Waals surface area contributed by atoms with Crippen LogP contribution in [0.3, 0.4) is 0 Å². The Morgan fingerprint density at radius 1 is 1.12 bits per heavy atom. The molecule has 0 amide bonds. The Morgan fingerprint density at radius 2 is 1.88 bits per heavy atom. The molecule has 0 aromatic heterocycles. The number of aliphatic hydroxyl groups excluding tert-OH is 3. The van der Waals surface area contributed by atoms with E-state index in [1.807, 2.05) is 0 Å². The third kappa shape index (κ3) is 2.38. The van der Waals surface area contributed by atoms with Gasteiger partial charge in [0.2, 0.25) is 0 Å². The van der Waals surface area contributed by atoms with Gasteiger partial charge in [0.25, 0.3) is 0 Å². The van der Waals surface area contributed by atoms with Crippen LogP contribution in [0.1, 0.15) is 19.3 Å². The van der Waals surface area contributed by atoms with E-state index in [4.69, 9.17) is 19.7 Å².